The number of nitrogens with zero attached hydrogens (tertiary/aromatic N) is 1. The molecule has 8 nitrogen and oxygen atoms in total. The highest BCUT2D eigenvalue weighted by molar-refractivity contribution is 7.89. The monoisotopic (exact) mass is 530 g/mol. The molecule has 0 spiro atoms. The molecule has 0 radical (unpaired) electrons. The second-order valence-corrected chi connectivity index (χ2v) is 11.1. The average Bonchev–Trinajstić information content (AvgIpc) is 3.29. The van der Waals surface area contributed by atoms with E-state index in [-0.39, 0.29) is 35.4 Å². The lowest BCUT2D eigenvalue weighted by molar-refractivity contribution is 0.221. The molecule has 184 valence electrons. The van der Waals surface area contributed by atoms with Gasteiger partial charge in [-0.15, -0.1) is 5.10 Å². The van der Waals surface area contributed by atoms with E-state index in [1.54, 1.807) is 20.8 Å². The molecule has 2 aliphatic heterocycles. The van der Waals surface area contributed by atoms with E-state index in [9.17, 15) is 12.8 Å². The molecule has 2 heterocycles. The number of halogens is 3. The maximum atomic E-state index is 14.9. The van der Waals surface area contributed by atoms with Crippen molar-refractivity contribution < 1.29 is 22.3 Å². The lowest BCUT2D eigenvalue weighted by atomic mass is 9.87. The van der Waals surface area contributed by atoms with Gasteiger partial charge in [0, 0.05) is 33.5 Å². The number of hydrazone groups is 1. The molecule has 3 atom stereocenters. The summed E-state index contributed by atoms with van der Waals surface area (Å²) in [5.41, 5.74) is 9.34. The normalized spacial score (nSPS) is 21.6. The second-order valence-electron chi connectivity index (χ2n) is 8.62. The molecule has 0 saturated heterocycles. The third kappa shape index (κ3) is 4.45. The quantitative estimate of drug-likeness (QED) is 0.523. The van der Waals surface area contributed by atoms with Crippen LogP contribution in [0.3, 0.4) is 0 Å². The van der Waals surface area contributed by atoms with Crippen molar-refractivity contribution in [1.29, 1.82) is 0 Å². The smallest absolute Gasteiger partial charge is 0.245 e. The van der Waals surface area contributed by atoms with E-state index in [2.05, 4.69) is 15.2 Å². The Morgan fingerprint density at radius 2 is 1.94 bits per heavy atom. The number of nitrogens with two attached hydrogens (primary N) is 1. The number of benzene rings is 2. The van der Waals surface area contributed by atoms with Gasteiger partial charge in [0.15, 0.2) is 6.73 Å². The van der Waals surface area contributed by atoms with Crippen molar-refractivity contribution in [1.82, 2.24) is 10.1 Å². The number of hydrogen-bond acceptors (Lipinski definition) is 7. The third-order valence-corrected chi connectivity index (χ3v) is 8.36. The van der Waals surface area contributed by atoms with Crippen LogP contribution in [0.2, 0.25) is 10.0 Å². The van der Waals surface area contributed by atoms with Crippen molar-refractivity contribution in [2.24, 2.45) is 10.8 Å². The molecule has 0 aliphatic carbocycles. The zero-order valence-corrected chi connectivity index (χ0v) is 21.1. The van der Waals surface area contributed by atoms with Crippen LogP contribution in [-0.2, 0) is 20.3 Å². The fourth-order valence-corrected chi connectivity index (χ4v) is 6.26. The number of fused-ring (bicyclic) bond motifs is 1. The van der Waals surface area contributed by atoms with E-state index >= 15 is 0 Å². The Hall–Kier alpha value is -2.11. The molecule has 2 aliphatic rings. The fraction of sp³-hybridized carbons (Fsp3) is 0.409. The topological polar surface area (TPSA) is 115 Å². The molecule has 4 N–H and O–H groups in total. The minimum Gasteiger partial charge on any atom is -0.492 e. The van der Waals surface area contributed by atoms with Gasteiger partial charge < -0.3 is 15.2 Å². The van der Waals surface area contributed by atoms with Gasteiger partial charge in [-0.2, -0.15) is 4.72 Å². The average molecular weight is 531 g/mol. The molecule has 0 aromatic heterocycles. The number of ether oxygens (including phenoxy) is 2. The Bertz CT molecular complexity index is 1270. The van der Waals surface area contributed by atoms with Gasteiger partial charge in [-0.05, 0) is 49.2 Å². The highest BCUT2D eigenvalue weighted by atomic mass is 35.5. The molecule has 0 amide bonds. The largest absolute Gasteiger partial charge is 0.492 e. The predicted octanol–water partition coefficient (Wildman–Crippen LogP) is 3.74. The minimum atomic E-state index is -4.23. The molecule has 2 aromatic carbocycles. The van der Waals surface area contributed by atoms with Gasteiger partial charge >= 0.3 is 0 Å². The second kappa shape index (κ2) is 9.16. The van der Waals surface area contributed by atoms with E-state index in [0.29, 0.717) is 27.6 Å². The van der Waals surface area contributed by atoms with Gasteiger partial charge in [0.25, 0.3) is 0 Å². The Labute approximate surface area is 207 Å². The van der Waals surface area contributed by atoms with Crippen molar-refractivity contribution in [3.63, 3.8) is 0 Å². The van der Waals surface area contributed by atoms with Gasteiger partial charge in [0.2, 0.25) is 15.9 Å². The van der Waals surface area contributed by atoms with Crippen molar-refractivity contribution in [2.45, 2.75) is 49.6 Å². The predicted molar refractivity (Wildman–Crippen MR) is 128 cm³/mol. The van der Waals surface area contributed by atoms with Crippen LogP contribution in [0.4, 0.5) is 4.39 Å². The summed E-state index contributed by atoms with van der Waals surface area (Å²) in [4.78, 5) is -0.129. The fourth-order valence-electron chi connectivity index (χ4n) is 4.32. The molecule has 1 unspecified atom stereocenters. The number of nitrogens with one attached hydrogen (secondary N) is 2. The van der Waals surface area contributed by atoms with E-state index in [4.69, 9.17) is 38.4 Å². The highest BCUT2D eigenvalue weighted by Gasteiger charge is 2.39. The zero-order chi connectivity index (χ0) is 24.8. The van der Waals surface area contributed by atoms with Crippen LogP contribution in [0.25, 0.3) is 0 Å². The first kappa shape index (κ1) is 25.0. The molecule has 4 rings (SSSR count). The van der Waals surface area contributed by atoms with Crippen LogP contribution >= 0.6 is 23.2 Å². The Balaban J connectivity index is 1.79. The summed E-state index contributed by atoms with van der Waals surface area (Å²) in [6.07, 6.45) is 0.472. The van der Waals surface area contributed by atoms with E-state index in [1.807, 2.05) is 0 Å². The van der Waals surface area contributed by atoms with Crippen molar-refractivity contribution in [3.05, 3.63) is 56.8 Å². The molecular formula is C22H25Cl2FN4O4S. The lowest BCUT2D eigenvalue weighted by Crippen LogP contribution is -2.45. The molecule has 34 heavy (non-hydrogen) atoms. The van der Waals surface area contributed by atoms with Gasteiger partial charge in [0.1, 0.15) is 22.5 Å². The van der Waals surface area contributed by atoms with Crippen molar-refractivity contribution >= 4 is 39.1 Å². The third-order valence-electron chi connectivity index (χ3n) is 6.17. The van der Waals surface area contributed by atoms with E-state index < -0.39 is 33.3 Å². The van der Waals surface area contributed by atoms with Crippen molar-refractivity contribution in [2.75, 3.05) is 13.3 Å². The summed E-state index contributed by atoms with van der Waals surface area (Å²) in [5.74, 6) is -1.07. The molecule has 0 saturated carbocycles. The van der Waals surface area contributed by atoms with Gasteiger partial charge in [-0.1, -0.05) is 30.1 Å². The maximum absolute atomic E-state index is 14.9. The Kier molecular flexibility index (Phi) is 6.73. The molecule has 2 aromatic rings. The van der Waals surface area contributed by atoms with Crippen LogP contribution < -0.4 is 20.6 Å². The van der Waals surface area contributed by atoms with E-state index in [1.165, 1.54) is 24.3 Å². The van der Waals surface area contributed by atoms with Gasteiger partial charge in [-0.3, -0.25) is 5.43 Å². The first-order chi connectivity index (χ1) is 15.9. The van der Waals surface area contributed by atoms with Crippen molar-refractivity contribution in [3.8, 4) is 5.75 Å². The highest BCUT2D eigenvalue weighted by Crippen LogP contribution is 2.44. The minimum absolute atomic E-state index is 0.0578. The van der Waals surface area contributed by atoms with Crippen LogP contribution in [0.15, 0.2) is 34.3 Å². The summed E-state index contributed by atoms with van der Waals surface area (Å²) in [6.45, 7) is 5.40. The SMILES string of the molecule is Cc1c(Cl)ccc(F)c1[C@@H](C)[C@H](NS(=O)(=O)c1ccc(Cl)c2c1OCCC2(C)N)C1=NNCO1. The number of hydrogen-bond donors (Lipinski definition) is 3. The summed E-state index contributed by atoms with van der Waals surface area (Å²) >= 11 is 12.6. The number of sulfonamides is 1. The van der Waals surface area contributed by atoms with Crippen LogP contribution in [0, 0.1) is 12.7 Å². The standard InChI is InChI=1S/C22H25Cl2FN4O4S/c1-11-13(23)4-6-15(25)17(11)12(2)19(21-28-27-10-33-21)29-34(30,31)16-7-5-14(24)18-20(16)32-9-8-22(18,3)26/h4-7,12,19,27,29H,8-10,26H2,1-3H3/t12-,19+,22?/m1/s1. The van der Waals surface area contributed by atoms with Crippen LogP contribution in [-0.4, -0.2) is 33.7 Å². The summed E-state index contributed by atoms with van der Waals surface area (Å²) < 4.78 is 56.0. The molecular weight excluding hydrogens is 506 g/mol. The molecule has 0 bridgehead atoms. The first-order valence-corrected chi connectivity index (χ1v) is 12.8. The van der Waals surface area contributed by atoms with Crippen LogP contribution in [0.1, 0.15) is 42.9 Å². The maximum Gasteiger partial charge on any atom is 0.245 e. The van der Waals surface area contributed by atoms with Crippen LogP contribution in [0.5, 0.6) is 5.75 Å². The van der Waals surface area contributed by atoms with Gasteiger partial charge in [0.05, 0.1) is 6.61 Å². The first-order valence-electron chi connectivity index (χ1n) is 10.6. The van der Waals surface area contributed by atoms with Gasteiger partial charge in [-0.25, -0.2) is 12.8 Å². The molecule has 12 heteroatoms. The van der Waals surface area contributed by atoms with E-state index in [0.717, 1.165) is 0 Å². The number of rotatable bonds is 6. The summed E-state index contributed by atoms with van der Waals surface area (Å²) in [5, 5.41) is 4.73. The summed E-state index contributed by atoms with van der Waals surface area (Å²) in [6, 6.07) is 4.47. The Morgan fingerprint density at radius 1 is 1.24 bits per heavy atom. The zero-order valence-electron chi connectivity index (χ0n) is 18.8. The Morgan fingerprint density at radius 3 is 2.62 bits per heavy atom. The molecule has 0 fully saturated rings. The lowest BCUT2D eigenvalue weighted by Gasteiger charge is -2.34. The summed E-state index contributed by atoms with van der Waals surface area (Å²) in [7, 11) is -4.23.